The minimum atomic E-state index is -4.84. The standard InChI is InChI=1S/C24H17F3O4/c1-29-19-10-6-5-9-16(19)14-30-17-11-12-18-20(13-17)31-23(24(25,26)27)21(22(18)28)15-7-3-2-4-8-15/h2-13H,14H2,1H3. The van der Waals surface area contributed by atoms with Gasteiger partial charge in [0, 0.05) is 11.6 Å². The average Bonchev–Trinajstić information content (AvgIpc) is 2.77. The van der Waals surface area contributed by atoms with Crippen LogP contribution in [0.4, 0.5) is 13.2 Å². The summed E-state index contributed by atoms with van der Waals surface area (Å²) in [6, 6.07) is 19.1. The fraction of sp³-hybridized carbons (Fsp3) is 0.125. The molecule has 1 aromatic heterocycles. The summed E-state index contributed by atoms with van der Waals surface area (Å²) < 4.78 is 57.3. The van der Waals surface area contributed by atoms with Gasteiger partial charge in [-0.2, -0.15) is 13.2 Å². The number of fused-ring (bicyclic) bond motifs is 1. The number of methoxy groups -OCH3 is 1. The lowest BCUT2D eigenvalue weighted by Gasteiger charge is -2.14. The summed E-state index contributed by atoms with van der Waals surface area (Å²) in [5.41, 5.74) is -0.558. The molecular formula is C24H17F3O4. The van der Waals surface area contributed by atoms with E-state index in [1.165, 1.54) is 37.4 Å². The van der Waals surface area contributed by atoms with E-state index in [1.54, 1.807) is 24.3 Å². The van der Waals surface area contributed by atoms with Crippen molar-refractivity contribution >= 4 is 11.0 Å². The van der Waals surface area contributed by atoms with Crippen LogP contribution in [0.15, 0.2) is 82.0 Å². The number of hydrogen-bond acceptors (Lipinski definition) is 4. The van der Waals surface area contributed by atoms with Crippen molar-refractivity contribution < 1.29 is 27.1 Å². The third-order valence-corrected chi connectivity index (χ3v) is 4.77. The van der Waals surface area contributed by atoms with Crippen molar-refractivity contribution in [1.29, 1.82) is 0 Å². The largest absolute Gasteiger partial charge is 0.496 e. The minimum absolute atomic E-state index is 0.0384. The summed E-state index contributed by atoms with van der Waals surface area (Å²) in [6.45, 7) is 0.133. The van der Waals surface area contributed by atoms with E-state index < -0.39 is 22.9 Å². The molecule has 0 saturated heterocycles. The van der Waals surface area contributed by atoms with Crippen LogP contribution in [0.3, 0.4) is 0 Å². The second kappa shape index (κ2) is 8.18. The second-order valence-electron chi connectivity index (χ2n) is 6.76. The highest BCUT2D eigenvalue weighted by Crippen LogP contribution is 2.37. The third kappa shape index (κ3) is 4.12. The van der Waals surface area contributed by atoms with Crippen LogP contribution in [0.5, 0.6) is 11.5 Å². The molecule has 31 heavy (non-hydrogen) atoms. The molecule has 0 spiro atoms. The Bertz CT molecular complexity index is 1280. The lowest BCUT2D eigenvalue weighted by Crippen LogP contribution is -2.16. The van der Waals surface area contributed by atoms with E-state index in [4.69, 9.17) is 13.9 Å². The quantitative estimate of drug-likeness (QED) is 0.389. The van der Waals surface area contributed by atoms with E-state index in [1.807, 2.05) is 18.2 Å². The van der Waals surface area contributed by atoms with Crippen molar-refractivity contribution in [2.75, 3.05) is 7.11 Å². The Hall–Kier alpha value is -3.74. The highest BCUT2D eigenvalue weighted by atomic mass is 19.4. The Balaban J connectivity index is 1.77. The zero-order valence-electron chi connectivity index (χ0n) is 16.4. The predicted octanol–water partition coefficient (Wildman–Crippen LogP) is 6.07. The van der Waals surface area contributed by atoms with Gasteiger partial charge in [-0.25, -0.2) is 0 Å². The molecule has 4 rings (SSSR count). The van der Waals surface area contributed by atoms with Gasteiger partial charge in [-0.1, -0.05) is 48.5 Å². The summed E-state index contributed by atoms with van der Waals surface area (Å²) in [7, 11) is 1.53. The van der Waals surface area contributed by atoms with E-state index in [9.17, 15) is 18.0 Å². The molecular weight excluding hydrogens is 409 g/mol. The van der Waals surface area contributed by atoms with E-state index in [0.717, 1.165) is 5.56 Å². The van der Waals surface area contributed by atoms with Gasteiger partial charge in [0.25, 0.3) is 0 Å². The minimum Gasteiger partial charge on any atom is -0.496 e. The third-order valence-electron chi connectivity index (χ3n) is 4.77. The molecule has 0 amide bonds. The first-order valence-corrected chi connectivity index (χ1v) is 9.36. The Morgan fingerprint density at radius 2 is 1.65 bits per heavy atom. The van der Waals surface area contributed by atoms with Crippen molar-refractivity contribution in [1.82, 2.24) is 0 Å². The molecule has 158 valence electrons. The monoisotopic (exact) mass is 426 g/mol. The maximum Gasteiger partial charge on any atom is 0.450 e. The van der Waals surface area contributed by atoms with Crippen LogP contribution in [0.25, 0.3) is 22.1 Å². The number of halogens is 3. The van der Waals surface area contributed by atoms with Crippen LogP contribution < -0.4 is 14.9 Å². The molecule has 0 aliphatic rings. The highest BCUT2D eigenvalue weighted by molar-refractivity contribution is 5.84. The Morgan fingerprint density at radius 1 is 0.935 bits per heavy atom. The first-order valence-electron chi connectivity index (χ1n) is 9.36. The van der Waals surface area contributed by atoms with Crippen molar-refractivity contribution in [2.24, 2.45) is 0 Å². The molecule has 1 heterocycles. The zero-order valence-corrected chi connectivity index (χ0v) is 16.4. The number of para-hydroxylation sites is 1. The normalized spacial score (nSPS) is 11.5. The van der Waals surface area contributed by atoms with Gasteiger partial charge in [0.1, 0.15) is 23.7 Å². The molecule has 0 radical (unpaired) electrons. The number of alkyl halides is 3. The maximum atomic E-state index is 13.7. The summed E-state index contributed by atoms with van der Waals surface area (Å²) in [6.07, 6.45) is -4.84. The lowest BCUT2D eigenvalue weighted by atomic mass is 10.0. The van der Waals surface area contributed by atoms with Crippen LogP contribution in [0, 0.1) is 0 Å². The van der Waals surface area contributed by atoms with E-state index in [2.05, 4.69) is 0 Å². The zero-order chi connectivity index (χ0) is 22.0. The van der Waals surface area contributed by atoms with Gasteiger partial charge < -0.3 is 13.9 Å². The molecule has 0 N–H and O–H groups in total. The second-order valence-corrected chi connectivity index (χ2v) is 6.76. The molecule has 0 saturated carbocycles. The molecule has 0 unspecified atom stereocenters. The van der Waals surface area contributed by atoms with E-state index in [0.29, 0.717) is 5.75 Å². The van der Waals surface area contributed by atoms with Crippen LogP contribution >= 0.6 is 0 Å². The van der Waals surface area contributed by atoms with Crippen LogP contribution in [0.1, 0.15) is 11.3 Å². The van der Waals surface area contributed by atoms with Gasteiger partial charge in [0.05, 0.1) is 18.1 Å². The molecule has 0 aliphatic carbocycles. The topological polar surface area (TPSA) is 48.7 Å². The summed E-state index contributed by atoms with van der Waals surface area (Å²) >= 11 is 0. The van der Waals surface area contributed by atoms with E-state index in [-0.39, 0.29) is 28.9 Å². The Kier molecular flexibility index (Phi) is 5.42. The number of hydrogen-bond donors (Lipinski definition) is 0. The maximum absolute atomic E-state index is 13.7. The molecule has 4 aromatic rings. The molecule has 0 bridgehead atoms. The van der Waals surface area contributed by atoms with Gasteiger partial charge in [-0.05, 0) is 23.8 Å². The van der Waals surface area contributed by atoms with Crippen LogP contribution in [0.2, 0.25) is 0 Å². The van der Waals surface area contributed by atoms with Crippen molar-refractivity contribution in [3.05, 3.63) is 94.3 Å². The lowest BCUT2D eigenvalue weighted by molar-refractivity contribution is -0.152. The molecule has 0 atom stereocenters. The smallest absolute Gasteiger partial charge is 0.450 e. The number of rotatable bonds is 5. The first-order chi connectivity index (χ1) is 14.9. The Morgan fingerprint density at radius 3 is 2.35 bits per heavy atom. The van der Waals surface area contributed by atoms with Gasteiger partial charge in [-0.3, -0.25) is 4.79 Å². The molecule has 3 aromatic carbocycles. The van der Waals surface area contributed by atoms with Crippen molar-refractivity contribution in [3.8, 4) is 22.6 Å². The SMILES string of the molecule is COc1ccccc1COc1ccc2c(=O)c(-c3ccccc3)c(C(F)(F)F)oc2c1. The van der Waals surface area contributed by atoms with Gasteiger partial charge >= 0.3 is 6.18 Å². The molecule has 0 aliphatic heterocycles. The predicted molar refractivity (Wildman–Crippen MR) is 110 cm³/mol. The average molecular weight is 426 g/mol. The van der Waals surface area contributed by atoms with Crippen molar-refractivity contribution in [3.63, 3.8) is 0 Å². The number of ether oxygens (including phenoxy) is 2. The summed E-state index contributed by atoms with van der Waals surface area (Å²) in [4.78, 5) is 13.0. The van der Waals surface area contributed by atoms with Gasteiger partial charge in [0.2, 0.25) is 11.2 Å². The molecule has 0 fully saturated rings. The molecule has 4 nitrogen and oxygen atoms in total. The van der Waals surface area contributed by atoms with E-state index >= 15 is 0 Å². The first kappa shape index (κ1) is 20.5. The van der Waals surface area contributed by atoms with Gasteiger partial charge in [0.15, 0.2) is 0 Å². The Labute approximate surface area is 175 Å². The van der Waals surface area contributed by atoms with Crippen molar-refractivity contribution in [2.45, 2.75) is 12.8 Å². The number of benzene rings is 3. The van der Waals surface area contributed by atoms with Gasteiger partial charge in [-0.15, -0.1) is 0 Å². The fourth-order valence-electron chi connectivity index (χ4n) is 3.31. The van der Waals surface area contributed by atoms with Crippen LogP contribution in [-0.2, 0) is 12.8 Å². The van der Waals surface area contributed by atoms with Crippen LogP contribution in [-0.4, -0.2) is 7.11 Å². The fourth-order valence-corrected chi connectivity index (χ4v) is 3.31. The highest BCUT2D eigenvalue weighted by Gasteiger charge is 2.39. The summed E-state index contributed by atoms with van der Waals surface area (Å²) in [5.74, 6) is -0.443. The summed E-state index contributed by atoms with van der Waals surface area (Å²) in [5, 5.41) is 0.0384. The molecule has 7 heteroatoms.